The largest absolute Gasteiger partial charge is 0.501 e. The minimum absolute atomic E-state index is 0.201. The van der Waals surface area contributed by atoms with Crippen LogP contribution in [0.15, 0.2) is 65.9 Å². The Labute approximate surface area is 172 Å². The number of fused-ring (bicyclic) bond motifs is 1. The summed E-state index contributed by atoms with van der Waals surface area (Å²) in [6.07, 6.45) is 7.58. The summed E-state index contributed by atoms with van der Waals surface area (Å²) in [5.41, 5.74) is 3.85. The van der Waals surface area contributed by atoms with E-state index in [9.17, 15) is 0 Å². The summed E-state index contributed by atoms with van der Waals surface area (Å²) >= 11 is 0. The van der Waals surface area contributed by atoms with E-state index < -0.39 is 0 Å². The summed E-state index contributed by atoms with van der Waals surface area (Å²) < 4.78 is 18.0. The lowest BCUT2D eigenvalue weighted by molar-refractivity contribution is 0.176. The molecule has 29 heavy (non-hydrogen) atoms. The predicted molar refractivity (Wildman–Crippen MR) is 114 cm³/mol. The van der Waals surface area contributed by atoms with Crippen LogP contribution in [0.4, 0.5) is 0 Å². The third-order valence-corrected chi connectivity index (χ3v) is 6.71. The molecular weight excluding hydrogens is 362 g/mol. The molecule has 4 nitrogen and oxygen atoms in total. The minimum Gasteiger partial charge on any atom is -0.501 e. The molecule has 2 aromatic carbocycles. The first-order valence-corrected chi connectivity index (χ1v) is 10.3. The number of hydrogen-bond donors (Lipinski definition) is 0. The highest BCUT2D eigenvalue weighted by molar-refractivity contribution is 5.65. The summed E-state index contributed by atoms with van der Waals surface area (Å²) in [5, 5.41) is 0. The van der Waals surface area contributed by atoms with Crippen molar-refractivity contribution in [2.24, 2.45) is 0 Å². The fraction of sp³-hybridized carbons (Fsp3) is 0.360. The Kier molecular flexibility index (Phi) is 4.39. The van der Waals surface area contributed by atoms with Crippen LogP contribution in [0, 0.1) is 0 Å². The molecule has 3 aliphatic rings. The molecule has 150 valence electrons. The predicted octanol–water partition coefficient (Wildman–Crippen LogP) is 4.85. The van der Waals surface area contributed by atoms with Gasteiger partial charge in [-0.2, -0.15) is 0 Å². The molecule has 1 aliphatic heterocycles. The second kappa shape index (κ2) is 6.96. The molecule has 4 heteroatoms. The fourth-order valence-corrected chi connectivity index (χ4v) is 5.30. The Morgan fingerprint density at radius 3 is 2.62 bits per heavy atom. The van der Waals surface area contributed by atoms with Gasteiger partial charge in [0.2, 0.25) is 0 Å². The van der Waals surface area contributed by atoms with Gasteiger partial charge in [-0.1, -0.05) is 30.3 Å². The third-order valence-electron chi connectivity index (χ3n) is 6.71. The highest BCUT2D eigenvalue weighted by atomic mass is 16.5. The molecule has 1 saturated heterocycles. The molecule has 0 spiro atoms. The van der Waals surface area contributed by atoms with Crippen molar-refractivity contribution in [3.63, 3.8) is 0 Å². The lowest BCUT2D eigenvalue weighted by Crippen LogP contribution is -2.54. The first-order valence-electron chi connectivity index (χ1n) is 10.3. The number of likely N-dealkylation sites (N-methyl/N-ethyl adjacent to an activating group) is 1. The number of allylic oxidation sites excluding steroid dienone is 2. The second-order valence-electron chi connectivity index (χ2n) is 8.15. The van der Waals surface area contributed by atoms with Crippen LogP contribution < -0.4 is 9.47 Å². The van der Waals surface area contributed by atoms with Crippen molar-refractivity contribution in [3.05, 3.63) is 77.1 Å². The van der Waals surface area contributed by atoms with Crippen molar-refractivity contribution in [2.45, 2.75) is 30.7 Å². The molecule has 1 fully saturated rings. The van der Waals surface area contributed by atoms with Gasteiger partial charge < -0.3 is 14.2 Å². The monoisotopic (exact) mass is 389 g/mol. The topological polar surface area (TPSA) is 30.9 Å². The molecular formula is C25H27NO3. The molecule has 0 N–H and O–H groups in total. The van der Waals surface area contributed by atoms with Crippen LogP contribution in [0.1, 0.15) is 24.0 Å². The van der Waals surface area contributed by atoms with E-state index in [1.165, 1.54) is 16.7 Å². The van der Waals surface area contributed by atoms with Crippen molar-refractivity contribution in [1.82, 2.24) is 4.90 Å². The molecule has 0 saturated carbocycles. The fourth-order valence-electron chi connectivity index (χ4n) is 5.30. The maximum atomic E-state index is 6.49. The van der Waals surface area contributed by atoms with E-state index in [-0.39, 0.29) is 5.41 Å². The summed E-state index contributed by atoms with van der Waals surface area (Å²) in [7, 11) is 5.72. The number of ether oxygens (including phenoxy) is 3. The smallest absolute Gasteiger partial charge is 0.173 e. The zero-order valence-electron chi connectivity index (χ0n) is 17.3. The van der Waals surface area contributed by atoms with Crippen LogP contribution in [-0.4, -0.2) is 38.8 Å². The Balaban J connectivity index is 1.75. The number of nitrogens with zero attached hydrogens (tertiary/aromatic N) is 1. The zero-order chi connectivity index (χ0) is 20.0. The van der Waals surface area contributed by atoms with Gasteiger partial charge in [0.05, 0.1) is 20.0 Å². The quantitative estimate of drug-likeness (QED) is 0.700. The Bertz CT molecular complexity index is 995. The summed E-state index contributed by atoms with van der Waals surface area (Å²) in [6, 6.07) is 14.7. The molecule has 0 aromatic heterocycles. The van der Waals surface area contributed by atoms with Gasteiger partial charge in [-0.25, -0.2) is 0 Å². The first-order chi connectivity index (χ1) is 14.2. The van der Waals surface area contributed by atoms with Crippen molar-refractivity contribution in [2.75, 3.05) is 27.8 Å². The maximum absolute atomic E-state index is 6.49. The number of benzene rings is 2. The Morgan fingerprint density at radius 1 is 1.03 bits per heavy atom. The van der Waals surface area contributed by atoms with E-state index >= 15 is 0 Å². The number of piperidine rings is 1. The van der Waals surface area contributed by atoms with Crippen LogP contribution in [0.5, 0.6) is 17.2 Å². The lowest BCUT2D eigenvalue weighted by Gasteiger charge is -2.53. The van der Waals surface area contributed by atoms with E-state index in [0.717, 1.165) is 48.8 Å². The second-order valence-corrected chi connectivity index (χ2v) is 8.15. The summed E-state index contributed by atoms with van der Waals surface area (Å²) in [4.78, 5) is 2.49. The van der Waals surface area contributed by atoms with Crippen LogP contribution in [-0.2, 0) is 16.6 Å². The highest BCUT2D eigenvalue weighted by Gasteiger charge is 2.51. The van der Waals surface area contributed by atoms with Gasteiger partial charge in [0.15, 0.2) is 11.5 Å². The van der Waals surface area contributed by atoms with Crippen LogP contribution in [0.2, 0.25) is 0 Å². The maximum Gasteiger partial charge on any atom is 0.173 e. The van der Waals surface area contributed by atoms with E-state index in [1.54, 1.807) is 14.2 Å². The SMILES string of the molecule is COC1=C[C@]23CCN(C)[C@H](Cc4ccc(OC)c(Oc5ccccc5)c42)C3=CC1. The lowest BCUT2D eigenvalue weighted by atomic mass is 9.58. The molecule has 2 atom stereocenters. The van der Waals surface area contributed by atoms with Gasteiger partial charge in [-0.15, -0.1) is 0 Å². The van der Waals surface area contributed by atoms with Gasteiger partial charge >= 0.3 is 0 Å². The molecule has 2 aliphatic carbocycles. The number of methoxy groups -OCH3 is 2. The average Bonchev–Trinajstić information content (AvgIpc) is 2.76. The van der Waals surface area contributed by atoms with Crippen LogP contribution in [0.3, 0.4) is 0 Å². The standard InChI is InChI=1S/C25H27NO3/c1-26-14-13-25-16-19(27-2)10-11-20(25)21(26)15-17-9-12-22(28-3)24(23(17)25)29-18-7-5-4-6-8-18/h4-9,11-12,16,21H,10,13-15H2,1-3H3/t21-,25+/m1/s1. The molecule has 5 rings (SSSR count). The number of rotatable bonds is 4. The van der Waals surface area contributed by atoms with Gasteiger partial charge in [-0.05, 0) is 61.8 Å². The highest BCUT2D eigenvalue weighted by Crippen LogP contribution is 2.57. The molecule has 0 amide bonds. The number of likely N-dealkylation sites (tertiary alicyclic amines) is 1. The Morgan fingerprint density at radius 2 is 1.86 bits per heavy atom. The van der Waals surface area contributed by atoms with Gasteiger partial charge in [0, 0.05) is 23.4 Å². The summed E-state index contributed by atoms with van der Waals surface area (Å²) in [5.74, 6) is 3.46. The Hall–Kier alpha value is -2.72. The van der Waals surface area contributed by atoms with E-state index in [0.29, 0.717) is 6.04 Å². The van der Waals surface area contributed by atoms with E-state index in [4.69, 9.17) is 14.2 Å². The van der Waals surface area contributed by atoms with Crippen molar-refractivity contribution < 1.29 is 14.2 Å². The molecule has 0 radical (unpaired) electrons. The number of hydrogen-bond acceptors (Lipinski definition) is 4. The van der Waals surface area contributed by atoms with Gasteiger partial charge in [0.25, 0.3) is 0 Å². The third kappa shape index (κ3) is 2.77. The molecule has 2 aromatic rings. The number of para-hydroxylation sites is 1. The molecule has 2 bridgehead atoms. The van der Waals surface area contributed by atoms with Crippen molar-refractivity contribution >= 4 is 0 Å². The molecule has 1 heterocycles. The molecule has 0 unspecified atom stereocenters. The minimum atomic E-state index is -0.201. The van der Waals surface area contributed by atoms with Gasteiger partial charge in [0.1, 0.15) is 5.75 Å². The van der Waals surface area contributed by atoms with Crippen LogP contribution >= 0.6 is 0 Å². The van der Waals surface area contributed by atoms with Crippen molar-refractivity contribution in [1.29, 1.82) is 0 Å². The first kappa shape index (κ1) is 18.3. The summed E-state index contributed by atoms with van der Waals surface area (Å²) in [6.45, 7) is 1.04. The zero-order valence-corrected chi connectivity index (χ0v) is 17.3. The van der Waals surface area contributed by atoms with Gasteiger partial charge in [-0.3, -0.25) is 4.90 Å². The average molecular weight is 389 g/mol. The van der Waals surface area contributed by atoms with E-state index in [2.05, 4.69) is 30.2 Å². The normalized spacial score (nSPS) is 25.3. The van der Waals surface area contributed by atoms with Crippen molar-refractivity contribution in [3.8, 4) is 17.2 Å². The van der Waals surface area contributed by atoms with E-state index in [1.807, 2.05) is 36.4 Å². The van der Waals surface area contributed by atoms with Crippen LogP contribution in [0.25, 0.3) is 0 Å².